The summed E-state index contributed by atoms with van der Waals surface area (Å²) in [6, 6.07) is 5.75. The number of piperidine rings is 1. The molecule has 0 aliphatic carbocycles. The fraction of sp³-hybridized carbons (Fsp3) is 0.500. The molecule has 0 unspecified atom stereocenters. The van der Waals surface area contributed by atoms with Gasteiger partial charge in [-0.25, -0.2) is 0 Å². The first-order chi connectivity index (χ1) is 10.5. The molecule has 2 amide bonds. The summed E-state index contributed by atoms with van der Waals surface area (Å²) in [5.41, 5.74) is 1.58. The molecule has 1 aliphatic rings. The molecule has 3 N–H and O–H groups in total. The Bertz CT molecular complexity index is 566. The molecule has 0 bridgehead atoms. The van der Waals surface area contributed by atoms with Crippen molar-refractivity contribution in [2.75, 3.05) is 18.4 Å². The lowest BCUT2D eigenvalue weighted by molar-refractivity contribution is -0.128. The van der Waals surface area contributed by atoms with Crippen LogP contribution in [0.5, 0.6) is 0 Å². The van der Waals surface area contributed by atoms with E-state index < -0.39 is 0 Å². The monoisotopic (exact) mass is 359 g/mol. The minimum Gasteiger partial charge on any atom is -0.347 e. The van der Waals surface area contributed by atoms with Gasteiger partial charge in [0, 0.05) is 12.0 Å². The van der Waals surface area contributed by atoms with Gasteiger partial charge in [0.15, 0.2) is 0 Å². The molecule has 0 aromatic heterocycles. The van der Waals surface area contributed by atoms with Gasteiger partial charge in [-0.1, -0.05) is 17.7 Å². The fourth-order valence-corrected chi connectivity index (χ4v) is 2.88. The minimum atomic E-state index is -0.277. The smallest absolute Gasteiger partial charge is 0.243 e. The van der Waals surface area contributed by atoms with E-state index in [1.807, 2.05) is 13.0 Å². The zero-order valence-corrected chi connectivity index (χ0v) is 14.9. The van der Waals surface area contributed by atoms with Crippen molar-refractivity contribution in [1.29, 1.82) is 0 Å². The van der Waals surface area contributed by atoms with Crippen molar-refractivity contribution < 1.29 is 9.59 Å². The van der Waals surface area contributed by atoms with Gasteiger partial charge < -0.3 is 16.0 Å². The van der Waals surface area contributed by atoms with Crippen molar-refractivity contribution in [2.45, 2.75) is 32.7 Å². The lowest BCUT2D eigenvalue weighted by Crippen LogP contribution is -2.44. The quantitative estimate of drug-likeness (QED) is 0.773. The van der Waals surface area contributed by atoms with Gasteiger partial charge in [-0.3, -0.25) is 9.59 Å². The summed E-state index contributed by atoms with van der Waals surface area (Å²) in [4.78, 5) is 24.0. The first kappa shape index (κ1) is 19.7. The van der Waals surface area contributed by atoms with E-state index in [0.29, 0.717) is 16.8 Å². The van der Waals surface area contributed by atoms with Crippen LogP contribution in [0.15, 0.2) is 18.2 Å². The highest BCUT2D eigenvalue weighted by atomic mass is 35.5. The number of benzene rings is 1. The summed E-state index contributed by atoms with van der Waals surface area (Å²) in [6.07, 6.45) is 1.61. The van der Waals surface area contributed by atoms with Gasteiger partial charge in [-0.15, -0.1) is 12.4 Å². The van der Waals surface area contributed by atoms with Gasteiger partial charge in [0.1, 0.15) is 0 Å². The molecule has 7 heteroatoms. The zero-order valence-electron chi connectivity index (χ0n) is 13.3. The number of hydrogen-bond acceptors (Lipinski definition) is 3. The Hall–Kier alpha value is -1.30. The molecule has 0 spiro atoms. The average Bonchev–Trinajstić information content (AvgIpc) is 2.47. The molecule has 2 rings (SSSR count). The van der Waals surface area contributed by atoms with Crippen LogP contribution in [0.2, 0.25) is 5.02 Å². The van der Waals surface area contributed by atoms with Crippen LogP contribution in [-0.4, -0.2) is 30.9 Å². The fourth-order valence-electron chi connectivity index (χ4n) is 2.60. The molecule has 2 atom stereocenters. The topological polar surface area (TPSA) is 70.2 Å². The second kappa shape index (κ2) is 9.11. The third kappa shape index (κ3) is 6.01. The first-order valence-electron chi connectivity index (χ1n) is 7.53. The predicted octanol–water partition coefficient (Wildman–Crippen LogP) is 2.51. The van der Waals surface area contributed by atoms with Crippen LogP contribution >= 0.6 is 24.0 Å². The molecule has 1 saturated heterocycles. The number of carbonyl (C=O) groups excluding carboxylic acids is 2. The highest BCUT2D eigenvalue weighted by molar-refractivity contribution is 6.33. The van der Waals surface area contributed by atoms with E-state index in [2.05, 4.69) is 22.9 Å². The van der Waals surface area contributed by atoms with Gasteiger partial charge in [0.2, 0.25) is 11.8 Å². The molecule has 23 heavy (non-hydrogen) atoms. The maximum atomic E-state index is 12.1. The van der Waals surface area contributed by atoms with Crippen LogP contribution in [0.25, 0.3) is 0 Å². The Balaban J connectivity index is 0.00000264. The van der Waals surface area contributed by atoms with E-state index in [0.717, 1.165) is 24.9 Å². The maximum Gasteiger partial charge on any atom is 0.243 e. The molecule has 0 saturated carbocycles. The van der Waals surface area contributed by atoms with Crippen LogP contribution in [-0.2, 0) is 9.59 Å². The normalized spacial score (nSPS) is 20.3. The van der Waals surface area contributed by atoms with Gasteiger partial charge in [0.05, 0.1) is 17.3 Å². The average molecular weight is 360 g/mol. The van der Waals surface area contributed by atoms with E-state index in [4.69, 9.17) is 11.6 Å². The summed E-state index contributed by atoms with van der Waals surface area (Å²) >= 11 is 6.07. The molecular formula is C16H23Cl2N3O2. The second-order valence-electron chi connectivity index (χ2n) is 5.83. The number of halogens is 2. The van der Waals surface area contributed by atoms with Crippen LogP contribution in [0.1, 0.15) is 25.3 Å². The third-order valence-electron chi connectivity index (χ3n) is 3.82. The third-order valence-corrected chi connectivity index (χ3v) is 4.13. The summed E-state index contributed by atoms with van der Waals surface area (Å²) in [6.45, 7) is 4.79. The van der Waals surface area contributed by atoms with Gasteiger partial charge in [0.25, 0.3) is 0 Å². The number of carbonyl (C=O) groups is 2. The molecule has 128 valence electrons. The van der Waals surface area contributed by atoms with Crippen molar-refractivity contribution in [1.82, 2.24) is 10.6 Å². The Morgan fingerprint density at radius 1 is 1.39 bits per heavy atom. The molecule has 1 fully saturated rings. The van der Waals surface area contributed by atoms with Crippen molar-refractivity contribution in [2.24, 2.45) is 5.92 Å². The molecular weight excluding hydrogens is 337 g/mol. The van der Waals surface area contributed by atoms with Gasteiger partial charge in [-0.2, -0.15) is 0 Å². The minimum absolute atomic E-state index is 0. The zero-order chi connectivity index (χ0) is 16.1. The highest BCUT2D eigenvalue weighted by Crippen LogP contribution is 2.22. The summed E-state index contributed by atoms with van der Waals surface area (Å²) in [7, 11) is 0. The van der Waals surface area contributed by atoms with Crippen molar-refractivity contribution in [3.63, 3.8) is 0 Å². The van der Waals surface area contributed by atoms with Crippen LogP contribution < -0.4 is 16.0 Å². The van der Waals surface area contributed by atoms with Crippen molar-refractivity contribution in [3.8, 4) is 0 Å². The Morgan fingerprint density at radius 2 is 2.13 bits per heavy atom. The molecule has 1 aromatic rings. The number of nitrogens with one attached hydrogen (secondary N) is 3. The Morgan fingerprint density at radius 3 is 2.78 bits per heavy atom. The second-order valence-corrected chi connectivity index (χ2v) is 6.23. The maximum absolute atomic E-state index is 12.1. The molecule has 1 heterocycles. The molecule has 1 aliphatic heterocycles. The summed E-state index contributed by atoms with van der Waals surface area (Å²) < 4.78 is 0. The van der Waals surface area contributed by atoms with E-state index in [1.165, 1.54) is 0 Å². The van der Waals surface area contributed by atoms with E-state index in [9.17, 15) is 9.59 Å². The Labute approximate surface area is 148 Å². The lowest BCUT2D eigenvalue weighted by atomic mass is 9.92. The molecule has 0 radical (unpaired) electrons. The first-order valence-corrected chi connectivity index (χ1v) is 7.90. The Kier molecular flexibility index (Phi) is 7.82. The van der Waals surface area contributed by atoms with Crippen molar-refractivity contribution >= 4 is 41.5 Å². The number of anilines is 1. The van der Waals surface area contributed by atoms with Crippen LogP contribution in [0.4, 0.5) is 5.69 Å². The number of amides is 2. The van der Waals surface area contributed by atoms with E-state index in [1.54, 1.807) is 12.1 Å². The standard InChI is InChI=1S/C16H22ClN3O2.ClH/c1-10-3-4-14(13(17)7-10)20-15(21)9-19-16(22)12-5-6-18-11(2)8-12;/h3-4,7,11-12,18H,5-6,8-9H2,1-2H3,(H,19,22)(H,20,21);1H/t11-,12-;/m0./s1. The number of rotatable bonds is 4. The highest BCUT2D eigenvalue weighted by Gasteiger charge is 2.24. The lowest BCUT2D eigenvalue weighted by Gasteiger charge is -2.27. The van der Waals surface area contributed by atoms with Gasteiger partial charge in [-0.05, 0) is 50.9 Å². The van der Waals surface area contributed by atoms with Crippen LogP contribution in [0.3, 0.4) is 0 Å². The number of aryl methyl sites for hydroxylation is 1. The summed E-state index contributed by atoms with van der Waals surface area (Å²) in [5.74, 6) is -0.355. The van der Waals surface area contributed by atoms with Crippen LogP contribution in [0, 0.1) is 12.8 Å². The largest absolute Gasteiger partial charge is 0.347 e. The molecule has 1 aromatic carbocycles. The van der Waals surface area contributed by atoms with E-state index >= 15 is 0 Å². The van der Waals surface area contributed by atoms with E-state index in [-0.39, 0.29) is 36.7 Å². The SMILES string of the molecule is Cc1ccc(NC(=O)CNC(=O)[C@H]2CCN[C@@H](C)C2)c(Cl)c1.Cl. The molecule has 5 nitrogen and oxygen atoms in total. The van der Waals surface area contributed by atoms with Gasteiger partial charge >= 0.3 is 0 Å². The van der Waals surface area contributed by atoms with Crippen molar-refractivity contribution in [3.05, 3.63) is 28.8 Å². The summed E-state index contributed by atoms with van der Waals surface area (Å²) in [5, 5.41) is 9.20. The number of hydrogen-bond donors (Lipinski definition) is 3. The predicted molar refractivity (Wildman–Crippen MR) is 95.3 cm³/mol.